The molecular weight excluding hydrogens is 236 g/mol. The number of carbonyl (C=O) groups excluding carboxylic acids is 1. The number of hydrogen-bond donors (Lipinski definition) is 1. The Morgan fingerprint density at radius 1 is 1.12 bits per heavy atom. The lowest BCUT2D eigenvalue weighted by atomic mass is 10.2. The summed E-state index contributed by atoms with van der Waals surface area (Å²) in [5.41, 5.74) is 1.83. The van der Waals surface area contributed by atoms with Gasteiger partial charge in [0.1, 0.15) is 0 Å². The van der Waals surface area contributed by atoms with Gasteiger partial charge < -0.3 is 17.7 Å². The second-order valence-electron chi connectivity index (χ2n) is 3.51. The van der Waals surface area contributed by atoms with Crippen molar-refractivity contribution >= 4 is 11.6 Å². The molecule has 0 saturated heterocycles. The Morgan fingerprint density at radius 2 is 1.82 bits per heavy atom. The van der Waals surface area contributed by atoms with E-state index in [0.717, 1.165) is 11.4 Å². The predicted molar refractivity (Wildman–Crippen MR) is 62.3 cm³/mol. The molecule has 0 atom stereocenters. The minimum absolute atomic E-state index is 0. The van der Waals surface area contributed by atoms with E-state index >= 15 is 0 Å². The van der Waals surface area contributed by atoms with E-state index < -0.39 is 0 Å². The predicted octanol–water partition coefficient (Wildman–Crippen LogP) is -1.07. The van der Waals surface area contributed by atoms with E-state index in [0.29, 0.717) is 0 Å². The van der Waals surface area contributed by atoms with Crippen molar-refractivity contribution in [3.05, 3.63) is 54.9 Å². The fourth-order valence-electron chi connectivity index (χ4n) is 1.52. The zero-order valence-electron chi connectivity index (χ0n) is 9.43. The van der Waals surface area contributed by atoms with E-state index in [1.807, 2.05) is 59.4 Å². The standard InChI is InChI=1S/C13H12N2O.ClH/c1-11(16)14-12-6-5-7-13(10-12)15-8-3-2-4-9-15;/h2-10H,1H3;1H. The summed E-state index contributed by atoms with van der Waals surface area (Å²) in [6, 6.07) is 13.6. The summed E-state index contributed by atoms with van der Waals surface area (Å²) in [5.74, 6) is -0.0600. The lowest BCUT2D eigenvalue weighted by molar-refractivity contribution is -0.595. The van der Waals surface area contributed by atoms with Crippen molar-refractivity contribution < 1.29 is 21.8 Å². The molecule has 0 aliphatic heterocycles. The first-order chi connectivity index (χ1) is 7.75. The average Bonchev–Trinajstić information content (AvgIpc) is 2.30. The molecule has 0 unspecified atom stereocenters. The summed E-state index contributed by atoms with van der Waals surface area (Å²) in [7, 11) is 0. The van der Waals surface area contributed by atoms with Gasteiger partial charge >= 0.3 is 0 Å². The van der Waals surface area contributed by atoms with Crippen molar-refractivity contribution in [3.63, 3.8) is 0 Å². The van der Waals surface area contributed by atoms with Gasteiger partial charge in [-0.05, 0) is 6.07 Å². The molecule has 1 amide bonds. The topological polar surface area (TPSA) is 33.0 Å². The highest BCUT2D eigenvalue weighted by molar-refractivity contribution is 5.88. The van der Waals surface area contributed by atoms with E-state index in [1.165, 1.54) is 6.92 Å². The molecule has 3 nitrogen and oxygen atoms in total. The lowest BCUT2D eigenvalue weighted by Crippen LogP contribution is -3.00. The van der Waals surface area contributed by atoms with Crippen LogP contribution in [0.4, 0.5) is 5.69 Å². The Hall–Kier alpha value is -1.87. The highest BCUT2D eigenvalue weighted by Crippen LogP contribution is 2.09. The molecule has 2 rings (SSSR count). The summed E-state index contributed by atoms with van der Waals surface area (Å²) >= 11 is 0. The monoisotopic (exact) mass is 248 g/mol. The van der Waals surface area contributed by atoms with Crippen LogP contribution >= 0.6 is 0 Å². The molecule has 0 spiro atoms. The van der Waals surface area contributed by atoms with Gasteiger partial charge in [0.2, 0.25) is 11.6 Å². The number of rotatable bonds is 2. The van der Waals surface area contributed by atoms with E-state index in [1.54, 1.807) is 0 Å². The van der Waals surface area contributed by atoms with Crippen molar-refractivity contribution in [1.29, 1.82) is 0 Å². The molecular formula is C13H13ClN2O. The van der Waals surface area contributed by atoms with E-state index in [9.17, 15) is 4.79 Å². The molecule has 1 heterocycles. The summed E-state index contributed by atoms with van der Waals surface area (Å²) in [6.45, 7) is 1.50. The van der Waals surface area contributed by atoms with Crippen LogP contribution in [0, 0.1) is 0 Å². The molecule has 88 valence electrons. The maximum atomic E-state index is 10.9. The van der Waals surface area contributed by atoms with Crippen LogP contribution in [0.1, 0.15) is 6.92 Å². The van der Waals surface area contributed by atoms with Crippen LogP contribution in [-0.4, -0.2) is 5.91 Å². The van der Waals surface area contributed by atoms with Crippen LogP contribution in [0.3, 0.4) is 0 Å². The number of hydrogen-bond acceptors (Lipinski definition) is 1. The number of pyridine rings is 1. The second kappa shape index (κ2) is 6.01. The Balaban J connectivity index is 0.00000144. The van der Waals surface area contributed by atoms with Crippen molar-refractivity contribution in [3.8, 4) is 5.69 Å². The molecule has 17 heavy (non-hydrogen) atoms. The first-order valence-electron chi connectivity index (χ1n) is 5.10. The van der Waals surface area contributed by atoms with Gasteiger partial charge in [-0.3, -0.25) is 4.79 Å². The highest BCUT2D eigenvalue weighted by Gasteiger charge is 2.05. The smallest absolute Gasteiger partial charge is 0.221 e. The number of aromatic nitrogens is 1. The molecule has 0 radical (unpaired) electrons. The molecule has 0 aliphatic carbocycles. The maximum absolute atomic E-state index is 10.9. The van der Waals surface area contributed by atoms with Gasteiger partial charge in [-0.2, -0.15) is 4.57 Å². The number of amides is 1. The van der Waals surface area contributed by atoms with Crippen LogP contribution in [0.25, 0.3) is 5.69 Å². The minimum atomic E-state index is -0.0600. The lowest BCUT2D eigenvalue weighted by Gasteiger charge is -2.01. The summed E-state index contributed by atoms with van der Waals surface area (Å²) < 4.78 is 1.99. The van der Waals surface area contributed by atoms with Crippen LogP contribution < -0.4 is 22.3 Å². The molecule has 1 aromatic heterocycles. The van der Waals surface area contributed by atoms with Crippen LogP contribution in [0.2, 0.25) is 0 Å². The van der Waals surface area contributed by atoms with Crippen LogP contribution in [0.15, 0.2) is 54.9 Å². The SMILES string of the molecule is CC(=O)Nc1cccc(-[n+]2ccccc2)c1.[Cl-]. The van der Waals surface area contributed by atoms with Gasteiger partial charge in [0, 0.05) is 36.9 Å². The molecule has 0 fully saturated rings. The molecule has 0 aliphatic rings. The molecule has 2 aromatic rings. The number of anilines is 1. The van der Waals surface area contributed by atoms with Crippen LogP contribution in [0.5, 0.6) is 0 Å². The van der Waals surface area contributed by atoms with Crippen LogP contribution in [-0.2, 0) is 4.79 Å². The van der Waals surface area contributed by atoms with Crippen molar-refractivity contribution in [2.45, 2.75) is 6.92 Å². The normalized spacial score (nSPS) is 9.24. The third-order valence-electron chi connectivity index (χ3n) is 2.18. The van der Waals surface area contributed by atoms with E-state index in [-0.39, 0.29) is 18.3 Å². The van der Waals surface area contributed by atoms with Crippen molar-refractivity contribution in [2.24, 2.45) is 0 Å². The number of benzene rings is 1. The van der Waals surface area contributed by atoms with Gasteiger partial charge in [0.05, 0.1) is 0 Å². The summed E-state index contributed by atoms with van der Waals surface area (Å²) in [6.07, 6.45) is 3.93. The van der Waals surface area contributed by atoms with E-state index in [2.05, 4.69) is 5.32 Å². The number of nitrogens with one attached hydrogen (secondary N) is 1. The molecule has 1 aromatic carbocycles. The van der Waals surface area contributed by atoms with Crippen molar-refractivity contribution in [2.75, 3.05) is 5.32 Å². The average molecular weight is 249 g/mol. The summed E-state index contributed by atoms with van der Waals surface area (Å²) in [4.78, 5) is 10.9. The third kappa shape index (κ3) is 3.57. The Morgan fingerprint density at radius 3 is 2.47 bits per heavy atom. The first kappa shape index (κ1) is 13.2. The quantitative estimate of drug-likeness (QED) is 0.675. The largest absolute Gasteiger partial charge is 1.00 e. The fourth-order valence-corrected chi connectivity index (χ4v) is 1.52. The van der Waals surface area contributed by atoms with Gasteiger partial charge in [-0.25, -0.2) is 0 Å². The third-order valence-corrected chi connectivity index (χ3v) is 2.18. The maximum Gasteiger partial charge on any atom is 0.221 e. The molecule has 0 saturated carbocycles. The summed E-state index contributed by atoms with van der Waals surface area (Å²) in [5, 5.41) is 2.76. The Kier molecular flexibility index (Phi) is 4.67. The zero-order chi connectivity index (χ0) is 11.4. The van der Waals surface area contributed by atoms with Crippen molar-refractivity contribution in [1.82, 2.24) is 0 Å². The molecule has 4 heteroatoms. The van der Waals surface area contributed by atoms with Gasteiger partial charge in [0.15, 0.2) is 12.4 Å². The number of nitrogens with zero attached hydrogens (tertiary/aromatic N) is 1. The highest BCUT2D eigenvalue weighted by atomic mass is 35.5. The molecule has 0 bridgehead atoms. The van der Waals surface area contributed by atoms with E-state index in [4.69, 9.17) is 0 Å². The number of carbonyl (C=O) groups is 1. The Labute approximate surface area is 107 Å². The minimum Gasteiger partial charge on any atom is -1.00 e. The fraction of sp³-hybridized carbons (Fsp3) is 0.0769. The Bertz CT molecular complexity index is 500. The second-order valence-corrected chi connectivity index (χ2v) is 3.51. The number of halogens is 1. The van der Waals surface area contributed by atoms with Gasteiger partial charge in [0.25, 0.3) is 0 Å². The molecule has 1 N–H and O–H groups in total. The van der Waals surface area contributed by atoms with Gasteiger partial charge in [-0.1, -0.05) is 12.1 Å². The zero-order valence-corrected chi connectivity index (χ0v) is 10.2. The van der Waals surface area contributed by atoms with Gasteiger partial charge in [-0.15, -0.1) is 0 Å². The first-order valence-corrected chi connectivity index (χ1v) is 5.10.